The summed E-state index contributed by atoms with van der Waals surface area (Å²) in [5.74, 6) is -1.37. The predicted molar refractivity (Wildman–Crippen MR) is 70.0 cm³/mol. The number of rotatable bonds is 5. The van der Waals surface area contributed by atoms with Crippen molar-refractivity contribution < 1.29 is 26.7 Å². The Morgan fingerprint density at radius 1 is 1.32 bits per heavy atom. The van der Waals surface area contributed by atoms with Crippen LogP contribution < -0.4 is 4.72 Å². The number of carbonyl (C=O) groups is 1. The van der Waals surface area contributed by atoms with Gasteiger partial charge in [0.2, 0.25) is 10.0 Å². The van der Waals surface area contributed by atoms with Crippen LogP contribution in [0.1, 0.15) is 26.7 Å². The number of hydrogen-bond acceptors (Lipinski definition) is 5. The van der Waals surface area contributed by atoms with Crippen LogP contribution in [0.15, 0.2) is 0 Å². The molecule has 1 saturated heterocycles. The van der Waals surface area contributed by atoms with E-state index in [-0.39, 0.29) is 30.9 Å². The molecule has 7 nitrogen and oxygen atoms in total. The van der Waals surface area contributed by atoms with E-state index in [0.29, 0.717) is 0 Å². The minimum Gasteiger partial charge on any atom is -0.481 e. The number of hydrogen-bond donors (Lipinski definition) is 2. The van der Waals surface area contributed by atoms with E-state index in [9.17, 15) is 21.6 Å². The van der Waals surface area contributed by atoms with Gasteiger partial charge in [-0.3, -0.25) is 4.79 Å². The normalized spacial score (nSPS) is 21.2. The molecule has 0 aromatic heterocycles. The fourth-order valence-corrected chi connectivity index (χ4v) is 5.10. The van der Waals surface area contributed by atoms with E-state index in [1.54, 1.807) is 0 Å². The first-order valence-corrected chi connectivity index (χ1v) is 9.25. The smallest absolute Gasteiger partial charge is 0.310 e. The number of sulfone groups is 1. The van der Waals surface area contributed by atoms with E-state index >= 15 is 0 Å². The maximum absolute atomic E-state index is 12.0. The molecule has 1 aliphatic heterocycles. The minimum absolute atomic E-state index is 0.0607. The van der Waals surface area contributed by atoms with Gasteiger partial charge in [0.25, 0.3) is 0 Å². The summed E-state index contributed by atoms with van der Waals surface area (Å²) < 4.78 is 48.7. The summed E-state index contributed by atoms with van der Waals surface area (Å²) >= 11 is 0. The van der Waals surface area contributed by atoms with Crippen LogP contribution >= 0.6 is 0 Å². The Bertz CT molecular complexity index is 535. The number of sulfonamides is 1. The Morgan fingerprint density at radius 3 is 2.21 bits per heavy atom. The van der Waals surface area contributed by atoms with Gasteiger partial charge in [-0.1, -0.05) is 0 Å². The predicted octanol–water partition coefficient (Wildman–Crippen LogP) is -0.406. The van der Waals surface area contributed by atoms with Crippen LogP contribution in [0.2, 0.25) is 0 Å². The van der Waals surface area contributed by atoms with Gasteiger partial charge in [-0.05, 0) is 26.7 Å². The average molecular weight is 313 g/mol. The van der Waals surface area contributed by atoms with Gasteiger partial charge in [0.05, 0.1) is 22.2 Å². The number of nitrogens with one attached hydrogen (secondary N) is 1. The third-order valence-electron chi connectivity index (χ3n) is 3.23. The summed E-state index contributed by atoms with van der Waals surface area (Å²) in [6.45, 7) is 2.63. The second-order valence-electron chi connectivity index (χ2n) is 5.41. The van der Waals surface area contributed by atoms with Gasteiger partial charge in [0.1, 0.15) is 9.84 Å². The van der Waals surface area contributed by atoms with Gasteiger partial charge in [-0.25, -0.2) is 21.6 Å². The van der Waals surface area contributed by atoms with Crippen molar-refractivity contribution in [1.29, 1.82) is 0 Å². The molecule has 0 aromatic rings. The van der Waals surface area contributed by atoms with Gasteiger partial charge in [-0.15, -0.1) is 0 Å². The number of aliphatic carboxylic acids is 1. The molecule has 0 amide bonds. The molecule has 0 saturated carbocycles. The molecular weight excluding hydrogens is 294 g/mol. The lowest BCUT2D eigenvalue weighted by molar-refractivity contribution is -0.146. The Labute approximate surface area is 113 Å². The lowest BCUT2D eigenvalue weighted by Gasteiger charge is -2.25. The molecule has 19 heavy (non-hydrogen) atoms. The first kappa shape index (κ1) is 16.4. The standard InChI is InChI=1S/C10H19NO6S2/c1-10(2,9(12)13)7-11-19(16,17)8-3-5-18(14,15)6-4-8/h8,11H,3-7H2,1-2H3,(H,12,13). The van der Waals surface area contributed by atoms with Crippen LogP contribution in [0.3, 0.4) is 0 Å². The van der Waals surface area contributed by atoms with Crippen molar-refractivity contribution >= 4 is 25.8 Å². The van der Waals surface area contributed by atoms with Gasteiger partial charge < -0.3 is 5.11 Å². The highest BCUT2D eigenvalue weighted by Crippen LogP contribution is 2.20. The van der Waals surface area contributed by atoms with E-state index < -0.39 is 36.5 Å². The first-order chi connectivity index (χ1) is 8.46. The molecule has 1 heterocycles. The lowest BCUT2D eigenvalue weighted by Crippen LogP contribution is -2.44. The summed E-state index contributed by atoms with van der Waals surface area (Å²) in [7, 11) is -6.80. The molecule has 9 heteroatoms. The van der Waals surface area contributed by atoms with Crippen molar-refractivity contribution in [3.8, 4) is 0 Å². The Balaban J connectivity index is 2.66. The maximum Gasteiger partial charge on any atom is 0.310 e. The fourth-order valence-electron chi connectivity index (χ4n) is 1.65. The molecule has 1 fully saturated rings. The summed E-state index contributed by atoms with van der Waals surface area (Å²) in [5, 5.41) is 8.14. The Morgan fingerprint density at radius 2 is 1.79 bits per heavy atom. The van der Waals surface area contributed by atoms with Gasteiger partial charge in [-0.2, -0.15) is 0 Å². The molecule has 0 bridgehead atoms. The third kappa shape index (κ3) is 4.43. The summed E-state index contributed by atoms with van der Waals surface area (Å²) in [6, 6.07) is 0. The highest BCUT2D eigenvalue weighted by atomic mass is 32.2. The van der Waals surface area contributed by atoms with E-state index in [0.717, 1.165) is 0 Å². The number of carboxylic acids is 1. The van der Waals surface area contributed by atoms with Crippen LogP contribution in [0.4, 0.5) is 0 Å². The van der Waals surface area contributed by atoms with Gasteiger partial charge in [0, 0.05) is 6.54 Å². The largest absolute Gasteiger partial charge is 0.481 e. The van der Waals surface area contributed by atoms with Gasteiger partial charge >= 0.3 is 5.97 Å². The molecule has 0 atom stereocenters. The average Bonchev–Trinajstić information content (AvgIpc) is 2.26. The van der Waals surface area contributed by atoms with Crippen molar-refractivity contribution in [2.45, 2.75) is 31.9 Å². The zero-order valence-electron chi connectivity index (χ0n) is 10.9. The summed E-state index contributed by atoms with van der Waals surface area (Å²) in [4.78, 5) is 10.9. The maximum atomic E-state index is 12.0. The molecule has 0 aromatic carbocycles. The van der Waals surface area contributed by atoms with Gasteiger partial charge in [0.15, 0.2) is 0 Å². The highest BCUT2D eigenvalue weighted by molar-refractivity contribution is 7.92. The SMILES string of the molecule is CC(C)(CNS(=O)(=O)C1CCS(=O)(=O)CC1)C(=O)O. The topological polar surface area (TPSA) is 118 Å². The fraction of sp³-hybridized carbons (Fsp3) is 0.900. The monoisotopic (exact) mass is 313 g/mol. The Kier molecular flexibility index (Phi) is 4.63. The summed E-state index contributed by atoms with van der Waals surface area (Å²) in [5.41, 5.74) is -1.20. The molecule has 0 aliphatic carbocycles. The second kappa shape index (κ2) is 5.37. The molecule has 0 radical (unpaired) electrons. The van der Waals surface area contributed by atoms with E-state index in [1.807, 2.05) is 0 Å². The molecule has 0 spiro atoms. The minimum atomic E-state index is -3.68. The molecule has 0 unspecified atom stereocenters. The molecular formula is C10H19NO6S2. The molecule has 1 rings (SSSR count). The third-order valence-corrected chi connectivity index (χ3v) is 6.85. The van der Waals surface area contributed by atoms with Crippen molar-refractivity contribution in [2.75, 3.05) is 18.1 Å². The van der Waals surface area contributed by atoms with Crippen molar-refractivity contribution in [1.82, 2.24) is 4.72 Å². The van der Waals surface area contributed by atoms with Crippen LogP contribution in [-0.4, -0.2) is 51.2 Å². The van der Waals surface area contributed by atoms with Crippen LogP contribution in [-0.2, 0) is 24.7 Å². The van der Waals surface area contributed by atoms with Crippen molar-refractivity contribution in [2.24, 2.45) is 5.41 Å². The van der Waals surface area contributed by atoms with Crippen LogP contribution in [0.5, 0.6) is 0 Å². The van der Waals surface area contributed by atoms with Crippen molar-refractivity contribution in [3.05, 3.63) is 0 Å². The van der Waals surface area contributed by atoms with Crippen molar-refractivity contribution in [3.63, 3.8) is 0 Å². The van der Waals surface area contributed by atoms with Crippen LogP contribution in [0.25, 0.3) is 0 Å². The van der Waals surface area contributed by atoms with Crippen LogP contribution in [0, 0.1) is 5.41 Å². The highest BCUT2D eigenvalue weighted by Gasteiger charge is 2.35. The lowest BCUT2D eigenvalue weighted by atomic mass is 9.95. The quantitative estimate of drug-likeness (QED) is 0.712. The van der Waals surface area contributed by atoms with E-state index in [2.05, 4.69) is 4.72 Å². The van der Waals surface area contributed by atoms with E-state index in [4.69, 9.17) is 5.11 Å². The number of carboxylic acid groups (broad SMARTS) is 1. The molecule has 112 valence electrons. The summed E-state index contributed by atoms with van der Waals surface area (Å²) in [6.07, 6.45) is 0.121. The zero-order chi connectivity index (χ0) is 14.9. The molecule has 1 aliphatic rings. The first-order valence-electron chi connectivity index (χ1n) is 5.89. The molecule has 2 N–H and O–H groups in total. The van der Waals surface area contributed by atoms with E-state index in [1.165, 1.54) is 13.8 Å². The zero-order valence-corrected chi connectivity index (χ0v) is 12.6. The Hall–Kier alpha value is -0.670. The second-order valence-corrected chi connectivity index (χ2v) is 9.76.